The highest BCUT2D eigenvalue weighted by Crippen LogP contribution is 2.27. The lowest BCUT2D eigenvalue weighted by atomic mass is 10.1. The Labute approximate surface area is 220 Å². The van der Waals surface area contributed by atoms with Crippen LogP contribution in [0.3, 0.4) is 0 Å². The monoisotopic (exact) mass is 532 g/mol. The summed E-state index contributed by atoms with van der Waals surface area (Å²) >= 11 is 1.02. The lowest BCUT2D eigenvalue weighted by Gasteiger charge is -2.05. The maximum absolute atomic E-state index is 12.5. The zero-order valence-corrected chi connectivity index (χ0v) is 20.7. The van der Waals surface area contributed by atoms with Crippen LogP contribution in [0.4, 0.5) is 11.4 Å². The molecule has 11 nitrogen and oxygen atoms in total. The molecular formula is C26H20N4O7S. The molecule has 1 amide bonds. The number of phenolic OH excluding ortho intramolecular Hbond substituents is 1. The quantitative estimate of drug-likeness (QED) is 0.0937. The molecule has 0 atom stereocenters. The van der Waals surface area contributed by atoms with Gasteiger partial charge < -0.3 is 19.6 Å². The molecule has 0 saturated heterocycles. The minimum absolute atomic E-state index is 0.00864. The van der Waals surface area contributed by atoms with Crippen LogP contribution in [0.15, 0.2) is 82.4 Å². The van der Waals surface area contributed by atoms with E-state index in [0.29, 0.717) is 28.1 Å². The molecule has 0 unspecified atom stereocenters. The molecule has 38 heavy (non-hydrogen) atoms. The summed E-state index contributed by atoms with van der Waals surface area (Å²) in [5, 5.41) is 31.2. The zero-order valence-electron chi connectivity index (χ0n) is 19.9. The maximum atomic E-state index is 12.5. The van der Waals surface area contributed by atoms with Crippen molar-refractivity contribution in [2.45, 2.75) is 5.22 Å². The molecular weight excluding hydrogens is 512 g/mol. The third-order valence-corrected chi connectivity index (χ3v) is 5.94. The molecule has 4 aromatic rings. The highest BCUT2D eigenvalue weighted by molar-refractivity contribution is 7.99. The molecule has 1 aromatic heterocycles. The van der Waals surface area contributed by atoms with E-state index in [4.69, 9.17) is 9.15 Å². The van der Waals surface area contributed by atoms with Gasteiger partial charge in [-0.15, -0.1) is 10.2 Å². The van der Waals surface area contributed by atoms with E-state index in [1.165, 1.54) is 37.5 Å². The number of ether oxygens (including phenoxy) is 1. The summed E-state index contributed by atoms with van der Waals surface area (Å²) in [7, 11) is 1.44. The molecule has 0 saturated carbocycles. The number of non-ortho nitro benzene ring substituents is 1. The summed E-state index contributed by atoms with van der Waals surface area (Å²) in [6.07, 6.45) is 3.02. The first kappa shape index (κ1) is 26.1. The van der Waals surface area contributed by atoms with E-state index in [-0.39, 0.29) is 40.0 Å². The van der Waals surface area contributed by atoms with Gasteiger partial charge in [-0.05, 0) is 54.1 Å². The van der Waals surface area contributed by atoms with Crippen molar-refractivity contribution in [3.63, 3.8) is 0 Å². The fourth-order valence-corrected chi connectivity index (χ4v) is 3.81. The van der Waals surface area contributed by atoms with Gasteiger partial charge in [-0.2, -0.15) is 0 Å². The first-order chi connectivity index (χ1) is 18.3. The average molecular weight is 533 g/mol. The number of carbonyl (C=O) groups excluding carboxylic acids is 2. The van der Waals surface area contributed by atoms with Crippen molar-refractivity contribution in [2.24, 2.45) is 0 Å². The highest BCUT2D eigenvalue weighted by atomic mass is 32.2. The van der Waals surface area contributed by atoms with Gasteiger partial charge in [-0.25, -0.2) is 0 Å². The van der Waals surface area contributed by atoms with Crippen LogP contribution >= 0.6 is 11.8 Å². The number of hydrogen-bond donors (Lipinski definition) is 2. The van der Waals surface area contributed by atoms with Crippen molar-refractivity contribution in [3.8, 4) is 23.0 Å². The van der Waals surface area contributed by atoms with E-state index in [1.54, 1.807) is 48.5 Å². The van der Waals surface area contributed by atoms with Gasteiger partial charge in [0.15, 0.2) is 17.3 Å². The van der Waals surface area contributed by atoms with Gasteiger partial charge in [-0.1, -0.05) is 30.0 Å². The van der Waals surface area contributed by atoms with Gasteiger partial charge >= 0.3 is 0 Å². The number of benzene rings is 3. The number of anilines is 1. The van der Waals surface area contributed by atoms with Gasteiger partial charge in [0.1, 0.15) is 0 Å². The standard InChI is InChI=1S/C26H20N4O7S/c1-36-23-13-16(6-12-22(23)32)5-11-21(31)17-7-9-19(10-8-17)27-24(33)15-38-26-29-28-25(37-26)18-3-2-4-20(14-18)30(34)35/h2-14,32H,15H2,1H3,(H,27,33)/b11-5-. The molecule has 0 aliphatic carbocycles. The van der Waals surface area contributed by atoms with Crippen LogP contribution in [0.1, 0.15) is 15.9 Å². The first-order valence-corrected chi connectivity index (χ1v) is 12.0. The number of aromatic hydroxyl groups is 1. The van der Waals surface area contributed by atoms with E-state index in [2.05, 4.69) is 15.5 Å². The van der Waals surface area contributed by atoms with E-state index in [0.717, 1.165) is 11.8 Å². The van der Waals surface area contributed by atoms with Crippen molar-refractivity contribution in [1.82, 2.24) is 10.2 Å². The Balaban J connectivity index is 1.29. The van der Waals surface area contributed by atoms with Crippen LogP contribution in [0.5, 0.6) is 11.5 Å². The minimum Gasteiger partial charge on any atom is -0.504 e. The maximum Gasteiger partial charge on any atom is 0.277 e. The van der Waals surface area contributed by atoms with Crippen molar-refractivity contribution in [3.05, 3.63) is 94.0 Å². The van der Waals surface area contributed by atoms with Gasteiger partial charge in [0.2, 0.25) is 11.8 Å². The van der Waals surface area contributed by atoms with Crippen LogP contribution in [0.25, 0.3) is 17.5 Å². The summed E-state index contributed by atoms with van der Waals surface area (Å²) < 4.78 is 10.6. The third-order valence-electron chi connectivity index (χ3n) is 5.12. The highest BCUT2D eigenvalue weighted by Gasteiger charge is 2.14. The van der Waals surface area contributed by atoms with E-state index in [9.17, 15) is 24.8 Å². The predicted molar refractivity (Wildman–Crippen MR) is 140 cm³/mol. The molecule has 0 bridgehead atoms. The lowest BCUT2D eigenvalue weighted by molar-refractivity contribution is -0.384. The molecule has 1 heterocycles. The van der Waals surface area contributed by atoms with E-state index >= 15 is 0 Å². The van der Waals surface area contributed by atoms with E-state index in [1.807, 2.05) is 0 Å². The number of carbonyl (C=O) groups is 2. The van der Waals surface area contributed by atoms with Gasteiger partial charge in [0.25, 0.3) is 10.9 Å². The van der Waals surface area contributed by atoms with Crippen molar-refractivity contribution in [1.29, 1.82) is 0 Å². The SMILES string of the molecule is COc1cc(/C=C\C(=O)c2ccc(NC(=O)CSc3nnc(-c4cccc([N+](=O)[O-])c4)o3)cc2)ccc1O. The average Bonchev–Trinajstić information content (AvgIpc) is 3.41. The van der Waals surface area contributed by atoms with Crippen LogP contribution in [0.2, 0.25) is 0 Å². The zero-order chi connectivity index (χ0) is 27.1. The smallest absolute Gasteiger partial charge is 0.277 e. The molecule has 4 rings (SSSR count). The predicted octanol–water partition coefficient (Wildman–Crippen LogP) is 4.99. The van der Waals surface area contributed by atoms with Gasteiger partial charge in [-0.3, -0.25) is 19.7 Å². The number of phenols is 1. The summed E-state index contributed by atoms with van der Waals surface area (Å²) in [6, 6.07) is 17.0. The molecule has 2 N–H and O–H groups in total. The Hall–Kier alpha value is -4.97. The third kappa shape index (κ3) is 6.62. The number of ketones is 1. The number of thioether (sulfide) groups is 1. The van der Waals surface area contributed by atoms with Gasteiger partial charge in [0, 0.05) is 28.9 Å². The number of methoxy groups -OCH3 is 1. The van der Waals surface area contributed by atoms with Crippen molar-refractivity contribution in [2.75, 3.05) is 18.2 Å². The molecule has 0 aliphatic rings. The number of aromatic nitrogens is 2. The molecule has 0 aliphatic heterocycles. The second kappa shape index (κ2) is 11.8. The number of nitrogens with zero attached hydrogens (tertiary/aromatic N) is 3. The minimum atomic E-state index is -0.519. The largest absolute Gasteiger partial charge is 0.504 e. The topological polar surface area (TPSA) is 158 Å². The normalized spacial score (nSPS) is 10.9. The number of nitro benzene ring substituents is 1. The molecule has 12 heteroatoms. The van der Waals surface area contributed by atoms with Crippen LogP contribution in [0, 0.1) is 10.1 Å². The fraction of sp³-hybridized carbons (Fsp3) is 0.0769. The van der Waals surface area contributed by atoms with Gasteiger partial charge in [0.05, 0.1) is 17.8 Å². The molecule has 0 fully saturated rings. The summed E-state index contributed by atoms with van der Waals surface area (Å²) in [5.74, 6) is -0.160. The second-order valence-corrected chi connectivity index (χ2v) is 8.65. The number of allylic oxidation sites excluding steroid dienone is 1. The molecule has 3 aromatic carbocycles. The second-order valence-electron chi connectivity index (χ2n) is 7.72. The van der Waals surface area contributed by atoms with Crippen LogP contribution < -0.4 is 10.1 Å². The van der Waals surface area contributed by atoms with Crippen molar-refractivity contribution < 1.29 is 28.8 Å². The molecule has 0 spiro atoms. The number of amides is 1. The first-order valence-electron chi connectivity index (χ1n) is 11.0. The van der Waals surface area contributed by atoms with Crippen molar-refractivity contribution >= 4 is 40.9 Å². The summed E-state index contributed by atoms with van der Waals surface area (Å²) in [5.41, 5.74) is 1.92. The number of rotatable bonds is 10. The number of nitro groups is 1. The molecule has 0 radical (unpaired) electrons. The molecule has 192 valence electrons. The summed E-state index contributed by atoms with van der Waals surface area (Å²) in [6.45, 7) is 0. The van der Waals surface area contributed by atoms with Crippen LogP contribution in [-0.4, -0.2) is 44.8 Å². The van der Waals surface area contributed by atoms with Crippen LogP contribution in [-0.2, 0) is 4.79 Å². The lowest BCUT2D eigenvalue weighted by Crippen LogP contribution is -2.14. The Morgan fingerprint density at radius 1 is 1.13 bits per heavy atom. The Morgan fingerprint density at radius 2 is 1.92 bits per heavy atom. The Bertz CT molecular complexity index is 1520. The number of hydrogen-bond acceptors (Lipinski definition) is 10. The Morgan fingerprint density at radius 3 is 2.66 bits per heavy atom. The fourth-order valence-electron chi connectivity index (χ4n) is 3.25. The Kier molecular flexibility index (Phi) is 8.14. The van der Waals surface area contributed by atoms with E-state index < -0.39 is 4.92 Å². The summed E-state index contributed by atoms with van der Waals surface area (Å²) in [4.78, 5) is 35.2. The number of nitrogens with one attached hydrogen (secondary N) is 1.